The number of hydrogen-bond donors (Lipinski definition) is 2. The van der Waals surface area contributed by atoms with Crippen molar-refractivity contribution in [2.24, 2.45) is 23.7 Å². The number of hydrogen-bond acceptors (Lipinski definition) is 6. The maximum atomic E-state index is 14.1. The molecule has 1 saturated carbocycles. The zero-order valence-electron chi connectivity index (χ0n) is 22.9. The second-order valence-electron chi connectivity index (χ2n) is 11.9. The number of anilines is 1. The number of thioether (sulfide) groups is 1. The van der Waals surface area contributed by atoms with Crippen LogP contribution in [0.2, 0.25) is 0 Å². The zero-order chi connectivity index (χ0) is 27.3. The van der Waals surface area contributed by atoms with Crippen molar-refractivity contribution >= 4 is 35.2 Å². The Labute approximate surface area is 234 Å². The topological polar surface area (TPSA) is 97.0 Å². The van der Waals surface area contributed by atoms with E-state index in [0.717, 1.165) is 37.0 Å². The molecule has 0 radical (unpaired) electrons. The van der Waals surface area contributed by atoms with Crippen molar-refractivity contribution in [3.05, 3.63) is 36.4 Å². The molecule has 1 aromatic rings. The molecule has 3 amide bonds. The van der Waals surface area contributed by atoms with E-state index < -0.39 is 29.6 Å². The summed E-state index contributed by atoms with van der Waals surface area (Å²) in [5, 5.41) is 6.33. The summed E-state index contributed by atoms with van der Waals surface area (Å²) >= 11 is 1.60. The van der Waals surface area contributed by atoms with Gasteiger partial charge in [0, 0.05) is 29.8 Å². The van der Waals surface area contributed by atoms with E-state index in [-0.39, 0.29) is 29.9 Å². The number of amides is 3. The molecule has 2 bridgehead atoms. The van der Waals surface area contributed by atoms with Crippen molar-refractivity contribution in [2.45, 2.75) is 80.7 Å². The van der Waals surface area contributed by atoms with Gasteiger partial charge in [0.15, 0.2) is 0 Å². The van der Waals surface area contributed by atoms with Crippen molar-refractivity contribution in [2.75, 3.05) is 24.7 Å². The fraction of sp³-hybridized carbons (Fsp3) is 0.633. The number of rotatable bonds is 7. The molecule has 8 nitrogen and oxygen atoms in total. The first kappa shape index (κ1) is 26.8. The molecule has 4 heterocycles. The van der Waals surface area contributed by atoms with Crippen molar-refractivity contribution in [3.63, 3.8) is 0 Å². The van der Waals surface area contributed by atoms with Crippen LogP contribution in [-0.4, -0.2) is 71.9 Å². The molecule has 4 fully saturated rings. The van der Waals surface area contributed by atoms with Crippen molar-refractivity contribution in [1.82, 2.24) is 10.2 Å². The molecule has 9 unspecified atom stereocenters. The average Bonchev–Trinajstić information content (AvgIpc) is 3.70. The van der Waals surface area contributed by atoms with Gasteiger partial charge in [-0.15, -0.1) is 11.8 Å². The van der Waals surface area contributed by atoms with Crippen molar-refractivity contribution in [3.8, 4) is 0 Å². The normalized spacial score (nSPS) is 38.7. The highest BCUT2D eigenvalue weighted by Crippen LogP contribution is 2.55. The maximum absolute atomic E-state index is 14.1. The predicted octanol–water partition coefficient (Wildman–Crippen LogP) is 3.62. The standard InChI is InChI=1S/C30H39N3O5S/c1-17-7-4-11-22(18(17)2)32-28(35)26-30-13-12-23(38-30)24(27(34)31-19-8-5-10-21(15-19)39-3)25(30)29(36)33(26)16-20-9-6-14-37-20/h5,8,10,12-13,15,17-18,20,22-26H,4,6-7,9,11,14,16H2,1-3H3,(H,31,34)(H,32,35). The first-order chi connectivity index (χ1) is 18.8. The summed E-state index contributed by atoms with van der Waals surface area (Å²) in [6, 6.07) is 6.88. The largest absolute Gasteiger partial charge is 0.376 e. The minimum absolute atomic E-state index is 0.0572. The molecule has 210 valence electrons. The SMILES string of the molecule is CSc1cccc(NC(=O)C2C3C=CC4(O3)C2C(=O)N(CC2CCCO2)C4C(=O)NC2CCCC(C)C2C)c1. The highest BCUT2D eigenvalue weighted by Gasteiger charge is 2.73. The molecule has 1 spiro atoms. The highest BCUT2D eigenvalue weighted by atomic mass is 32.2. The summed E-state index contributed by atoms with van der Waals surface area (Å²) in [7, 11) is 0. The Morgan fingerprint density at radius 2 is 2.00 bits per heavy atom. The van der Waals surface area contributed by atoms with E-state index in [0.29, 0.717) is 30.7 Å². The predicted molar refractivity (Wildman–Crippen MR) is 149 cm³/mol. The van der Waals surface area contributed by atoms with Crippen LogP contribution in [-0.2, 0) is 23.9 Å². The van der Waals surface area contributed by atoms with Crippen LogP contribution in [0.3, 0.4) is 0 Å². The van der Waals surface area contributed by atoms with Crippen molar-refractivity contribution in [1.29, 1.82) is 0 Å². The molecule has 3 saturated heterocycles. The van der Waals surface area contributed by atoms with Crippen LogP contribution in [0, 0.1) is 23.7 Å². The molecular formula is C30H39N3O5S. The second kappa shape index (κ2) is 10.6. The summed E-state index contributed by atoms with van der Waals surface area (Å²) in [6.45, 7) is 5.43. The molecule has 39 heavy (non-hydrogen) atoms. The van der Waals surface area contributed by atoms with E-state index in [1.54, 1.807) is 16.7 Å². The monoisotopic (exact) mass is 553 g/mol. The van der Waals surface area contributed by atoms with Gasteiger partial charge in [0.1, 0.15) is 11.6 Å². The van der Waals surface area contributed by atoms with Crippen LogP contribution in [0.15, 0.2) is 41.3 Å². The zero-order valence-corrected chi connectivity index (χ0v) is 23.7. The number of carbonyl (C=O) groups excluding carboxylic acids is 3. The number of benzene rings is 1. The van der Waals surface area contributed by atoms with E-state index >= 15 is 0 Å². The first-order valence-corrected chi connectivity index (χ1v) is 15.6. The molecule has 9 heteroatoms. The molecule has 1 aliphatic carbocycles. The van der Waals surface area contributed by atoms with Crippen LogP contribution in [0.1, 0.15) is 46.0 Å². The third kappa shape index (κ3) is 4.60. The number of nitrogens with zero attached hydrogens (tertiary/aromatic N) is 1. The molecule has 6 rings (SSSR count). The van der Waals surface area contributed by atoms with Gasteiger partial charge in [0.05, 0.1) is 24.0 Å². The van der Waals surface area contributed by atoms with Gasteiger partial charge in [0.2, 0.25) is 17.7 Å². The minimum atomic E-state index is -1.16. The average molecular weight is 554 g/mol. The van der Waals surface area contributed by atoms with Gasteiger partial charge >= 0.3 is 0 Å². The molecule has 1 aromatic carbocycles. The Balaban J connectivity index is 1.29. The summed E-state index contributed by atoms with van der Waals surface area (Å²) in [5.41, 5.74) is -0.471. The second-order valence-corrected chi connectivity index (χ2v) is 12.8. The van der Waals surface area contributed by atoms with E-state index in [4.69, 9.17) is 9.47 Å². The summed E-state index contributed by atoms with van der Waals surface area (Å²) in [6.07, 6.45) is 10.0. The number of carbonyl (C=O) groups is 3. The Morgan fingerprint density at radius 1 is 1.15 bits per heavy atom. The van der Waals surface area contributed by atoms with Gasteiger partial charge in [-0.3, -0.25) is 14.4 Å². The van der Waals surface area contributed by atoms with Gasteiger partial charge in [-0.25, -0.2) is 0 Å². The number of nitrogens with one attached hydrogen (secondary N) is 2. The van der Waals surface area contributed by atoms with Crippen LogP contribution in [0.4, 0.5) is 5.69 Å². The quantitative estimate of drug-likeness (QED) is 0.396. The number of fused-ring (bicyclic) bond motifs is 1. The molecule has 0 aromatic heterocycles. The fourth-order valence-electron chi connectivity index (χ4n) is 7.45. The van der Waals surface area contributed by atoms with Crippen molar-refractivity contribution < 1.29 is 23.9 Å². The van der Waals surface area contributed by atoms with Crippen LogP contribution in [0.25, 0.3) is 0 Å². The summed E-state index contributed by atoms with van der Waals surface area (Å²) in [5.74, 6) is -1.22. The summed E-state index contributed by atoms with van der Waals surface area (Å²) < 4.78 is 12.4. The Hall–Kier alpha value is -2.36. The summed E-state index contributed by atoms with van der Waals surface area (Å²) in [4.78, 5) is 44.6. The lowest BCUT2D eigenvalue weighted by molar-refractivity contribution is -0.143. The lowest BCUT2D eigenvalue weighted by Crippen LogP contribution is -2.58. The molecule has 9 atom stereocenters. The third-order valence-electron chi connectivity index (χ3n) is 9.72. The van der Waals surface area contributed by atoms with Gasteiger partial charge in [-0.05, 0) is 55.6 Å². The lowest BCUT2D eigenvalue weighted by Gasteiger charge is -2.38. The third-order valence-corrected chi connectivity index (χ3v) is 10.4. The molecule has 2 N–H and O–H groups in total. The van der Waals surface area contributed by atoms with Gasteiger partial charge in [-0.1, -0.05) is 44.9 Å². The first-order valence-electron chi connectivity index (χ1n) is 14.4. The van der Waals surface area contributed by atoms with Crippen LogP contribution < -0.4 is 10.6 Å². The molecule has 5 aliphatic rings. The van der Waals surface area contributed by atoms with Crippen LogP contribution in [0.5, 0.6) is 0 Å². The van der Waals surface area contributed by atoms with Gasteiger partial charge in [0.25, 0.3) is 0 Å². The van der Waals surface area contributed by atoms with E-state index in [1.165, 1.54) is 0 Å². The van der Waals surface area contributed by atoms with Gasteiger partial charge in [-0.2, -0.15) is 0 Å². The number of ether oxygens (including phenoxy) is 2. The Bertz CT molecular complexity index is 1170. The Kier molecular flexibility index (Phi) is 7.27. The maximum Gasteiger partial charge on any atom is 0.246 e. The lowest BCUT2D eigenvalue weighted by atomic mass is 9.73. The highest BCUT2D eigenvalue weighted by molar-refractivity contribution is 7.98. The molecular weight excluding hydrogens is 514 g/mol. The Morgan fingerprint density at radius 3 is 2.77 bits per heavy atom. The molecule has 4 aliphatic heterocycles. The smallest absolute Gasteiger partial charge is 0.246 e. The minimum Gasteiger partial charge on any atom is -0.376 e. The number of likely N-dealkylation sites (tertiary alicyclic amines) is 1. The van der Waals surface area contributed by atoms with Gasteiger partial charge < -0.3 is 25.0 Å². The van der Waals surface area contributed by atoms with Crippen LogP contribution >= 0.6 is 11.8 Å². The van der Waals surface area contributed by atoms with E-state index in [9.17, 15) is 14.4 Å². The van der Waals surface area contributed by atoms with E-state index in [2.05, 4.69) is 24.5 Å². The van der Waals surface area contributed by atoms with E-state index in [1.807, 2.05) is 42.7 Å². The fourth-order valence-corrected chi connectivity index (χ4v) is 7.90.